The van der Waals surface area contributed by atoms with Crippen LogP contribution in [0.25, 0.3) is 87.6 Å². The zero-order valence-electron chi connectivity index (χ0n) is 30.6. The van der Waals surface area contributed by atoms with Gasteiger partial charge in [0, 0.05) is 22.2 Å². The van der Waals surface area contributed by atoms with Crippen molar-refractivity contribution in [1.29, 1.82) is 0 Å². The molecule has 2 heteroatoms. The zero-order valence-corrected chi connectivity index (χ0v) is 30.6. The quantitative estimate of drug-likeness (QED) is 0.160. The molecule has 10 aromatic carbocycles. The van der Waals surface area contributed by atoms with Crippen LogP contribution < -0.4 is 4.90 Å². The molecule has 1 heterocycles. The molecular weight excluding hydrogens is 679 g/mol. The van der Waals surface area contributed by atoms with Crippen LogP contribution in [0, 0.1) is 0 Å². The zero-order chi connectivity index (χ0) is 37.0. The van der Waals surface area contributed by atoms with E-state index in [0.29, 0.717) is 0 Å². The second-order valence-corrected chi connectivity index (χ2v) is 14.5. The van der Waals surface area contributed by atoms with Gasteiger partial charge in [-0.3, -0.25) is 0 Å². The first-order valence-corrected chi connectivity index (χ1v) is 19.2. The Bertz CT molecular complexity index is 3250. The fraction of sp³-hybridized carbons (Fsp3) is 0. The third kappa shape index (κ3) is 5.26. The van der Waals surface area contributed by atoms with Gasteiger partial charge in [-0.25, -0.2) is 0 Å². The van der Waals surface area contributed by atoms with E-state index in [-0.39, 0.29) is 0 Å². The third-order valence-electron chi connectivity index (χ3n) is 11.2. The van der Waals surface area contributed by atoms with Crippen molar-refractivity contribution >= 4 is 71.3 Å². The third-order valence-corrected chi connectivity index (χ3v) is 11.2. The Morgan fingerprint density at radius 2 is 0.929 bits per heavy atom. The molecule has 0 saturated heterocycles. The van der Waals surface area contributed by atoms with E-state index in [9.17, 15) is 0 Å². The number of hydrogen-bond acceptors (Lipinski definition) is 2. The topological polar surface area (TPSA) is 16.4 Å². The highest BCUT2D eigenvalue weighted by molar-refractivity contribution is 6.19. The van der Waals surface area contributed by atoms with Gasteiger partial charge in [-0.2, -0.15) is 0 Å². The van der Waals surface area contributed by atoms with Crippen LogP contribution in [0.4, 0.5) is 17.1 Å². The molecule has 56 heavy (non-hydrogen) atoms. The van der Waals surface area contributed by atoms with Crippen molar-refractivity contribution in [3.8, 4) is 33.4 Å². The Kier molecular flexibility index (Phi) is 7.53. The van der Waals surface area contributed by atoms with Crippen LogP contribution in [-0.2, 0) is 0 Å². The van der Waals surface area contributed by atoms with Crippen LogP contribution >= 0.6 is 0 Å². The minimum atomic E-state index is 0.863. The summed E-state index contributed by atoms with van der Waals surface area (Å²) < 4.78 is 6.96. The summed E-state index contributed by atoms with van der Waals surface area (Å²) in [6.07, 6.45) is 0. The largest absolute Gasteiger partial charge is 0.455 e. The molecule has 262 valence electrons. The van der Waals surface area contributed by atoms with Crippen molar-refractivity contribution in [2.24, 2.45) is 0 Å². The van der Waals surface area contributed by atoms with Gasteiger partial charge >= 0.3 is 0 Å². The number of furan rings is 1. The van der Waals surface area contributed by atoms with Crippen LogP contribution in [0.5, 0.6) is 0 Å². The summed E-state index contributed by atoms with van der Waals surface area (Å²) in [4.78, 5) is 2.47. The molecule has 0 aliphatic rings. The lowest BCUT2D eigenvalue weighted by atomic mass is 9.94. The Morgan fingerprint density at radius 1 is 0.321 bits per heavy atom. The number of para-hydroxylation sites is 1. The standard InChI is InChI=1S/C54H35NO/c1-3-14-36(15-4-1)41-29-31-45(38-16-5-2-6-17-38)51(34-41)55(42-30-28-40-27-26-39-19-8-10-22-44(39)49(40)35-42)50-33-32-47(46-24-13-20-37-18-7-9-21-43(37)46)54-53(50)48-23-11-12-25-52(48)56-54/h1-35H. The predicted octanol–water partition coefficient (Wildman–Crippen LogP) is 15.5. The predicted molar refractivity (Wildman–Crippen MR) is 237 cm³/mol. The van der Waals surface area contributed by atoms with Crippen molar-refractivity contribution in [2.45, 2.75) is 0 Å². The average Bonchev–Trinajstić information content (AvgIpc) is 3.67. The van der Waals surface area contributed by atoms with E-state index in [1.165, 1.54) is 37.9 Å². The monoisotopic (exact) mass is 713 g/mol. The van der Waals surface area contributed by atoms with Gasteiger partial charge in [0.1, 0.15) is 11.2 Å². The van der Waals surface area contributed by atoms with Crippen molar-refractivity contribution in [3.05, 3.63) is 212 Å². The molecule has 0 aliphatic carbocycles. The van der Waals surface area contributed by atoms with E-state index in [2.05, 4.69) is 217 Å². The van der Waals surface area contributed by atoms with Gasteiger partial charge in [0.25, 0.3) is 0 Å². The highest BCUT2D eigenvalue weighted by Gasteiger charge is 2.25. The molecule has 0 radical (unpaired) electrons. The summed E-state index contributed by atoms with van der Waals surface area (Å²) in [5, 5.41) is 9.44. The van der Waals surface area contributed by atoms with Gasteiger partial charge in [0.15, 0.2) is 0 Å². The fourth-order valence-corrected chi connectivity index (χ4v) is 8.60. The molecule has 11 aromatic rings. The Labute approximate surface area is 325 Å². The Balaban J connectivity index is 1.27. The summed E-state index contributed by atoms with van der Waals surface area (Å²) >= 11 is 0. The normalized spacial score (nSPS) is 11.6. The number of hydrogen-bond donors (Lipinski definition) is 0. The molecule has 1 aromatic heterocycles. The minimum Gasteiger partial charge on any atom is -0.455 e. The Hall–Kier alpha value is -7.42. The number of nitrogens with zero attached hydrogens (tertiary/aromatic N) is 1. The summed E-state index contributed by atoms with van der Waals surface area (Å²) in [6, 6.07) is 76.5. The minimum absolute atomic E-state index is 0.863. The van der Waals surface area contributed by atoms with Gasteiger partial charge in [-0.05, 0) is 91.0 Å². The smallest absolute Gasteiger partial charge is 0.145 e. The van der Waals surface area contributed by atoms with Crippen LogP contribution in [0.1, 0.15) is 0 Å². The van der Waals surface area contributed by atoms with Crippen molar-refractivity contribution < 1.29 is 4.42 Å². The summed E-state index contributed by atoms with van der Waals surface area (Å²) in [5.74, 6) is 0. The van der Waals surface area contributed by atoms with E-state index >= 15 is 0 Å². The van der Waals surface area contributed by atoms with E-state index in [0.717, 1.165) is 66.8 Å². The van der Waals surface area contributed by atoms with Crippen molar-refractivity contribution in [1.82, 2.24) is 0 Å². The lowest BCUT2D eigenvalue weighted by Crippen LogP contribution is -2.12. The summed E-state index contributed by atoms with van der Waals surface area (Å²) in [5.41, 5.74) is 11.8. The molecule has 2 nitrogen and oxygen atoms in total. The summed E-state index contributed by atoms with van der Waals surface area (Å²) in [7, 11) is 0. The lowest BCUT2D eigenvalue weighted by Gasteiger charge is -2.30. The average molecular weight is 714 g/mol. The van der Waals surface area contributed by atoms with Gasteiger partial charge in [-0.15, -0.1) is 0 Å². The summed E-state index contributed by atoms with van der Waals surface area (Å²) in [6.45, 7) is 0. The second-order valence-electron chi connectivity index (χ2n) is 14.5. The van der Waals surface area contributed by atoms with E-state index in [1.807, 2.05) is 0 Å². The number of anilines is 3. The van der Waals surface area contributed by atoms with Gasteiger partial charge in [0.05, 0.1) is 16.8 Å². The molecule has 0 aliphatic heterocycles. The van der Waals surface area contributed by atoms with Crippen LogP contribution in [0.15, 0.2) is 217 Å². The van der Waals surface area contributed by atoms with E-state index in [1.54, 1.807) is 0 Å². The maximum atomic E-state index is 6.96. The molecule has 0 bridgehead atoms. The van der Waals surface area contributed by atoms with Gasteiger partial charge < -0.3 is 9.32 Å². The number of benzene rings is 10. The van der Waals surface area contributed by atoms with Gasteiger partial charge in [0.2, 0.25) is 0 Å². The van der Waals surface area contributed by atoms with Gasteiger partial charge in [-0.1, -0.05) is 176 Å². The van der Waals surface area contributed by atoms with Crippen molar-refractivity contribution in [3.63, 3.8) is 0 Å². The molecule has 0 unspecified atom stereocenters. The fourth-order valence-electron chi connectivity index (χ4n) is 8.60. The van der Waals surface area contributed by atoms with Crippen LogP contribution in [0.2, 0.25) is 0 Å². The SMILES string of the molecule is c1ccc(-c2ccc(-c3ccccc3)c(N(c3ccc4ccc5ccccc5c4c3)c3ccc(-c4cccc5ccccc45)c4oc5ccccc5c34)c2)cc1. The second kappa shape index (κ2) is 13.2. The molecule has 11 rings (SSSR count). The van der Waals surface area contributed by atoms with E-state index in [4.69, 9.17) is 4.42 Å². The van der Waals surface area contributed by atoms with Crippen molar-refractivity contribution in [2.75, 3.05) is 4.90 Å². The van der Waals surface area contributed by atoms with Crippen LogP contribution in [-0.4, -0.2) is 0 Å². The highest BCUT2D eigenvalue weighted by atomic mass is 16.3. The molecular formula is C54H35NO. The molecule has 0 fully saturated rings. The number of rotatable bonds is 6. The van der Waals surface area contributed by atoms with Crippen LogP contribution in [0.3, 0.4) is 0 Å². The van der Waals surface area contributed by atoms with E-state index < -0.39 is 0 Å². The number of fused-ring (bicyclic) bond motifs is 7. The first kappa shape index (κ1) is 32.0. The molecule has 0 saturated carbocycles. The molecule has 0 N–H and O–H groups in total. The lowest BCUT2D eigenvalue weighted by molar-refractivity contribution is 0.670. The maximum absolute atomic E-state index is 6.96. The Morgan fingerprint density at radius 3 is 1.73 bits per heavy atom. The molecule has 0 atom stereocenters. The molecule has 0 amide bonds. The first-order chi connectivity index (χ1) is 27.8. The molecule has 0 spiro atoms. The maximum Gasteiger partial charge on any atom is 0.145 e. The first-order valence-electron chi connectivity index (χ1n) is 19.2. The highest BCUT2D eigenvalue weighted by Crippen LogP contribution is 2.50.